The number of benzene rings is 1. The van der Waals surface area contributed by atoms with E-state index < -0.39 is 23.7 Å². The van der Waals surface area contributed by atoms with E-state index in [1.807, 2.05) is 18.2 Å². The predicted molar refractivity (Wildman–Crippen MR) is 104 cm³/mol. The molecule has 154 valence electrons. The van der Waals surface area contributed by atoms with Crippen molar-refractivity contribution in [3.05, 3.63) is 23.8 Å². The molecular weight excluding hydrogens is 386 g/mol. The average Bonchev–Trinajstić information content (AvgIpc) is 3.08. The van der Waals surface area contributed by atoms with Gasteiger partial charge in [-0.2, -0.15) is 0 Å². The van der Waals surface area contributed by atoms with Crippen LogP contribution in [0.5, 0.6) is 11.5 Å². The highest BCUT2D eigenvalue weighted by atomic mass is 32.2. The number of thioether (sulfide) groups is 1. The lowest BCUT2D eigenvalue weighted by Crippen LogP contribution is -2.45. The molecule has 1 atom stereocenters. The Morgan fingerprint density at radius 3 is 2.61 bits per heavy atom. The zero-order valence-electron chi connectivity index (χ0n) is 16.4. The van der Waals surface area contributed by atoms with Gasteiger partial charge in [-0.1, -0.05) is 17.8 Å². The Labute approximate surface area is 168 Å². The van der Waals surface area contributed by atoms with Gasteiger partial charge in [-0.15, -0.1) is 0 Å². The first kappa shape index (κ1) is 21.9. The number of methoxy groups -OCH3 is 1. The van der Waals surface area contributed by atoms with Gasteiger partial charge in [0.15, 0.2) is 16.6 Å². The lowest BCUT2D eigenvalue weighted by molar-refractivity contribution is -0.142. The molecule has 28 heavy (non-hydrogen) atoms. The fourth-order valence-electron chi connectivity index (χ4n) is 2.35. The maximum Gasteiger partial charge on any atom is 0.408 e. The Morgan fingerprint density at radius 1 is 1.21 bits per heavy atom. The molecule has 0 saturated heterocycles. The Kier molecular flexibility index (Phi) is 7.56. The van der Waals surface area contributed by atoms with Gasteiger partial charge in [0.05, 0.1) is 7.11 Å². The number of carbonyl (C=O) groups excluding carboxylic acids is 3. The monoisotopic (exact) mass is 411 g/mol. The molecule has 0 radical (unpaired) electrons. The Balaban J connectivity index is 1.81. The molecule has 0 fully saturated rings. The summed E-state index contributed by atoms with van der Waals surface area (Å²) in [5, 5.41) is 2.34. The summed E-state index contributed by atoms with van der Waals surface area (Å²) in [6.45, 7) is 5.35. The maximum atomic E-state index is 12.2. The van der Waals surface area contributed by atoms with E-state index >= 15 is 0 Å². The predicted octanol–water partition coefficient (Wildman–Crippen LogP) is 2.67. The molecule has 1 aromatic carbocycles. The third kappa shape index (κ3) is 6.95. The number of amides is 1. The van der Waals surface area contributed by atoms with E-state index in [4.69, 9.17) is 14.2 Å². The largest absolute Gasteiger partial charge is 0.467 e. The average molecular weight is 411 g/mol. The van der Waals surface area contributed by atoms with Crippen LogP contribution in [0.3, 0.4) is 0 Å². The minimum absolute atomic E-state index is 0.0614. The molecule has 1 amide bonds. The molecule has 0 aromatic heterocycles. The topological polar surface area (TPSA) is 100 Å². The van der Waals surface area contributed by atoms with Crippen LogP contribution < -0.4 is 14.8 Å². The van der Waals surface area contributed by atoms with Crippen LogP contribution in [0.15, 0.2) is 18.2 Å². The van der Waals surface area contributed by atoms with Gasteiger partial charge in [0, 0.05) is 12.2 Å². The molecule has 8 nitrogen and oxygen atoms in total. The summed E-state index contributed by atoms with van der Waals surface area (Å²) in [4.78, 5) is 35.9. The van der Waals surface area contributed by atoms with Gasteiger partial charge in [-0.25, -0.2) is 9.59 Å². The number of aryl methyl sites for hydroxylation is 1. The summed E-state index contributed by atoms with van der Waals surface area (Å²) >= 11 is 0.967. The first-order chi connectivity index (χ1) is 13.2. The van der Waals surface area contributed by atoms with Crippen LogP contribution in [-0.4, -0.2) is 48.5 Å². The van der Waals surface area contributed by atoms with Crippen LogP contribution in [0.25, 0.3) is 0 Å². The molecule has 1 N–H and O–H groups in total. The number of nitrogens with one attached hydrogen (secondary N) is 1. The summed E-state index contributed by atoms with van der Waals surface area (Å²) in [7, 11) is 1.22. The molecule has 1 aromatic rings. The number of esters is 1. The van der Waals surface area contributed by atoms with Crippen molar-refractivity contribution in [1.82, 2.24) is 5.32 Å². The number of hydrogen-bond acceptors (Lipinski definition) is 8. The van der Waals surface area contributed by atoms with Crippen molar-refractivity contribution in [3.8, 4) is 11.5 Å². The number of ether oxygens (including phenoxy) is 4. The minimum Gasteiger partial charge on any atom is -0.467 e. The lowest BCUT2D eigenvalue weighted by Gasteiger charge is -2.22. The van der Waals surface area contributed by atoms with Crippen LogP contribution in [-0.2, 0) is 25.5 Å². The van der Waals surface area contributed by atoms with E-state index in [0.717, 1.165) is 17.3 Å². The summed E-state index contributed by atoms with van der Waals surface area (Å²) < 4.78 is 20.4. The maximum absolute atomic E-state index is 12.2. The van der Waals surface area contributed by atoms with Gasteiger partial charge in [0.1, 0.15) is 11.6 Å². The van der Waals surface area contributed by atoms with Crippen molar-refractivity contribution in [1.29, 1.82) is 0 Å². The molecule has 1 aliphatic rings. The first-order valence-corrected chi connectivity index (χ1v) is 9.78. The van der Waals surface area contributed by atoms with Crippen molar-refractivity contribution in [2.45, 2.75) is 45.3 Å². The highest BCUT2D eigenvalue weighted by Gasteiger charge is 2.26. The second kappa shape index (κ2) is 9.68. The molecule has 1 aliphatic heterocycles. The Morgan fingerprint density at radius 2 is 1.93 bits per heavy atom. The smallest absolute Gasteiger partial charge is 0.408 e. The normalized spacial score (nSPS) is 13.6. The second-order valence-electron chi connectivity index (χ2n) is 7.09. The van der Waals surface area contributed by atoms with Crippen LogP contribution in [0.2, 0.25) is 0 Å². The summed E-state index contributed by atoms with van der Waals surface area (Å²) in [5.41, 5.74) is 0.257. The molecule has 2 rings (SSSR count). The van der Waals surface area contributed by atoms with Gasteiger partial charge in [-0.3, -0.25) is 4.79 Å². The SMILES string of the molecule is COC(=O)[C@H](CSC(=O)CCc1ccc2c(c1)OCO2)NC(=O)OC(C)(C)C. The van der Waals surface area contributed by atoms with Gasteiger partial charge in [0.25, 0.3) is 0 Å². The van der Waals surface area contributed by atoms with E-state index in [2.05, 4.69) is 10.1 Å². The zero-order valence-corrected chi connectivity index (χ0v) is 17.2. The molecule has 0 spiro atoms. The third-order valence-electron chi connectivity index (χ3n) is 3.64. The fourth-order valence-corrected chi connectivity index (χ4v) is 3.17. The number of hydrogen-bond donors (Lipinski definition) is 1. The second-order valence-corrected chi connectivity index (χ2v) is 8.17. The van der Waals surface area contributed by atoms with E-state index in [1.165, 1.54) is 7.11 Å². The van der Waals surface area contributed by atoms with E-state index in [1.54, 1.807) is 20.8 Å². The van der Waals surface area contributed by atoms with Gasteiger partial charge < -0.3 is 24.3 Å². The summed E-state index contributed by atoms with van der Waals surface area (Å²) in [5.74, 6) is 0.789. The number of fused-ring (bicyclic) bond motifs is 1. The van der Waals surface area contributed by atoms with Crippen molar-refractivity contribution >= 4 is 28.9 Å². The van der Waals surface area contributed by atoms with Crippen LogP contribution in [0, 0.1) is 0 Å². The fraction of sp³-hybridized carbons (Fsp3) is 0.526. The van der Waals surface area contributed by atoms with Crippen molar-refractivity contribution in [2.75, 3.05) is 19.7 Å². The van der Waals surface area contributed by atoms with Crippen LogP contribution >= 0.6 is 11.8 Å². The molecule has 1 heterocycles. The van der Waals surface area contributed by atoms with Crippen molar-refractivity contribution < 1.29 is 33.3 Å². The minimum atomic E-state index is -0.973. The molecule has 0 aliphatic carbocycles. The summed E-state index contributed by atoms with van der Waals surface area (Å²) in [6, 6.07) is 4.57. The Bertz CT molecular complexity index is 729. The quantitative estimate of drug-likeness (QED) is 0.684. The number of rotatable bonds is 7. The molecule has 0 saturated carbocycles. The highest BCUT2D eigenvalue weighted by Crippen LogP contribution is 2.32. The third-order valence-corrected chi connectivity index (χ3v) is 4.67. The molecular formula is C19H25NO7S. The van der Waals surface area contributed by atoms with E-state index in [9.17, 15) is 14.4 Å². The highest BCUT2D eigenvalue weighted by molar-refractivity contribution is 8.13. The number of alkyl carbamates (subject to hydrolysis) is 1. The molecule has 0 bridgehead atoms. The molecule has 0 unspecified atom stereocenters. The van der Waals surface area contributed by atoms with Gasteiger partial charge in [0.2, 0.25) is 6.79 Å². The van der Waals surface area contributed by atoms with Gasteiger partial charge in [-0.05, 0) is 44.9 Å². The molecule has 9 heteroatoms. The Hall–Kier alpha value is -2.42. The van der Waals surface area contributed by atoms with Crippen molar-refractivity contribution in [2.24, 2.45) is 0 Å². The van der Waals surface area contributed by atoms with Gasteiger partial charge >= 0.3 is 12.1 Å². The lowest BCUT2D eigenvalue weighted by atomic mass is 10.1. The zero-order chi connectivity index (χ0) is 20.7. The van der Waals surface area contributed by atoms with E-state index in [0.29, 0.717) is 17.9 Å². The van der Waals surface area contributed by atoms with Crippen molar-refractivity contribution in [3.63, 3.8) is 0 Å². The summed E-state index contributed by atoms with van der Waals surface area (Å²) in [6.07, 6.45) is 0.0755. The number of carbonyl (C=O) groups is 3. The van der Waals surface area contributed by atoms with Crippen LogP contribution in [0.1, 0.15) is 32.8 Å². The first-order valence-electron chi connectivity index (χ1n) is 8.79. The standard InChI is InChI=1S/C19H25NO7S/c1-19(2,3)27-18(23)20-13(17(22)24-4)10-28-16(21)8-6-12-5-7-14-15(9-12)26-11-25-14/h5,7,9,13H,6,8,10-11H2,1-4H3,(H,20,23)/t13-/m0/s1. The van der Waals surface area contributed by atoms with E-state index in [-0.39, 0.29) is 24.1 Å². The van der Waals surface area contributed by atoms with Crippen LogP contribution in [0.4, 0.5) is 4.79 Å².